The van der Waals surface area contributed by atoms with Crippen LogP contribution in [0.2, 0.25) is 0 Å². The van der Waals surface area contributed by atoms with Crippen molar-refractivity contribution in [2.24, 2.45) is 0 Å². The number of rotatable bonds is 2. The quantitative estimate of drug-likeness (QED) is 0.813. The number of pyridine rings is 1. The number of fused-ring (bicyclic) bond motifs is 1. The monoisotopic (exact) mass is 203 g/mol. The van der Waals surface area contributed by atoms with E-state index in [4.69, 9.17) is 0 Å². The fourth-order valence-electron chi connectivity index (χ4n) is 1.82. The Morgan fingerprint density at radius 2 is 2.07 bits per heavy atom. The van der Waals surface area contributed by atoms with E-state index in [1.807, 2.05) is 7.05 Å². The summed E-state index contributed by atoms with van der Waals surface area (Å²) in [7, 11) is 1.93. The predicted octanol–water partition coefficient (Wildman–Crippen LogP) is 2.81. The highest BCUT2D eigenvalue weighted by atomic mass is 15.0. The van der Waals surface area contributed by atoms with Gasteiger partial charge < -0.3 is 9.72 Å². The van der Waals surface area contributed by atoms with Gasteiger partial charge in [0.2, 0.25) is 0 Å². The lowest BCUT2D eigenvalue weighted by atomic mass is 10.2. The van der Waals surface area contributed by atoms with Crippen molar-refractivity contribution in [3.05, 3.63) is 29.8 Å². The van der Waals surface area contributed by atoms with Gasteiger partial charge in [-0.25, -0.2) is 4.98 Å². The van der Waals surface area contributed by atoms with Gasteiger partial charge >= 0.3 is 0 Å². The van der Waals surface area contributed by atoms with E-state index in [0.717, 1.165) is 17.2 Å². The number of imidazole rings is 1. The molecular formula is C12H17N3. The molecule has 80 valence electrons. The number of aryl methyl sites for hydroxylation is 1. The van der Waals surface area contributed by atoms with Gasteiger partial charge in [0.1, 0.15) is 5.82 Å². The van der Waals surface area contributed by atoms with Crippen molar-refractivity contribution in [3.8, 4) is 0 Å². The summed E-state index contributed by atoms with van der Waals surface area (Å²) >= 11 is 0. The second kappa shape index (κ2) is 3.57. The maximum Gasteiger partial charge on any atom is 0.116 e. The first kappa shape index (κ1) is 10.0. The zero-order valence-corrected chi connectivity index (χ0v) is 9.70. The summed E-state index contributed by atoms with van der Waals surface area (Å²) in [5.74, 6) is 1.57. The molecule has 2 aromatic heterocycles. The molecule has 2 rings (SSSR count). The van der Waals surface area contributed by atoms with Crippen LogP contribution >= 0.6 is 0 Å². The van der Waals surface area contributed by atoms with Crippen LogP contribution in [0.3, 0.4) is 0 Å². The molecule has 0 atom stereocenters. The van der Waals surface area contributed by atoms with Gasteiger partial charge in [-0.3, -0.25) is 0 Å². The number of aromatic nitrogens is 2. The van der Waals surface area contributed by atoms with Gasteiger partial charge in [0.25, 0.3) is 0 Å². The van der Waals surface area contributed by atoms with Gasteiger partial charge in [-0.2, -0.15) is 0 Å². The topological polar surface area (TPSA) is 29.3 Å². The van der Waals surface area contributed by atoms with Crippen LogP contribution < -0.4 is 5.32 Å². The average Bonchev–Trinajstić information content (AvgIpc) is 2.56. The van der Waals surface area contributed by atoms with E-state index in [1.165, 1.54) is 5.52 Å². The van der Waals surface area contributed by atoms with Crippen molar-refractivity contribution in [3.63, 3.8) is 0 Å². The molecule has 2 aromatic rings. The van der Waals surface area contributed by atoms with Crippen LogP contribution in [-0.4, -0.2) is 16.4 Å². The maximum absolute atomic E-state index is 4.60. The van der Waals surface area contributed by atoms with E-state index < -0.39 is 0 Å². The van der Waals surface area contributed by atoms with Gasteiger partial charge in [0, 0.05) is 19.2 Å². The molecule has 3 nitrogen and oxygen atoms in total. The molecule has 2 heterocycles. The van der Waals surface area contributed by atoms with Crippen LogP contribution in [0, 0.1) is 6.92 Å². The van der Waals surface area contributed by atoms with Crippen molar-refractivity contribution < 1.29 is 0 Å². The summed E-state index contributed by atoms with van der Waals surface area (Å²) in [6, 6.07) is 4.19. The van der Waals surface area contributed by atoms with Crippen LogP contribution in [0.25, 0.3) is 5.52 Å². The molecule has 0 aliphatic heterocycles. The highest BCUT2D eigenvalue weighted by molar-refractivity contribution is 5.58. The van der Waals surface area contributed by atoms with Gasteiger partial charge in [0.05, 0.1) is 16.9 Å². The Morgan fingerprint density at radius 3 is 2.67 bits per heavy atom. The highest BCUT2D eigenvalue weighted by Gasteiger charge is 2.10. The van der Waals surface area contributed by atoms with Gasteiger partial charge in [-0.1, -0.05) is 13.8 Å². The molecule has 0 aliphatic carbocycles. The van der Waals surface area contributed by atoms with E-state index in [1.54, 1.807) is 0 Å². The van der Waals surface area contributed by atoms with Crippen molar-refractivity contribution in [1.29, 1.82) is 0 Å². The predicted molar refractivity (Wildman–Crippen MR) is 63.6 cm³/mol. The summed E-state index contributed by atoms with van der Waals surface area (Å²) in [4.78, 5) is 4.60. The SMILES string of the molecule is CNc1ccc2c(C)nc(C(C)C)n2c1. The molecule has 0 amide bonds. The minimum Gasteiger partial charge on any atom is -0.387 e. The minimum atomic E-state index is 0.443. The summed E-state index contributed by atoms with van der Waals surface area (Å²) < 4.78 is 2.17. The smallest absolute Gasteiger partial charge is 0.116 e. The normalized spacial score (nSPS) is 11.3. The third-order valence-corrected chi connectivity index (χ3v) is 2.65. The van der Waals surface area contributed by atoms with Crippen LogP contribution in [0.5, 0.6) is 0 Å². The Morgan fingerprint density at radius 1 is 1.33 bits per heavy atom. The molecule has 0 saturated heterocycles. The largest absolute Gasteiger partial charge is 0.387 e. The molecule has 0 fully saturated rings. The van der Waals surface area contributed by atoms with Gasteiger partial charge in [-0.05, 0) is 19.1 Å². The third-order valence-electron chi connectivity index (χ3n) is 2.65. The van der Waals surface area contributed by atoms with Crippen LogP contribution in [-0.2, 0) is 0 Å². The van der Waals surface area contributed by atoms with Gasteiger partial charge in [-0.15, -0.1) is 0 Å². The van der Waals surface area contributed by atoms with Crippen LogP contribution in [0.15, 0.2) is 18.3 Å². The fraction of sp³-hybridized carbons (Fsp3) is 0.417. The molecule has 15 heavy (non-hydrogen) atoms. The Hall–Kier alpha value is -1.51. The zero-order chi connectivity index (χ0) is 11.0. The minimum absolute atomic E-state index is 0.443. The van der Waals surface area contributed by atoms with E-state index in [-0.39, 0.29) is 0 Å². The van der Waals surface area contributed by atoms with Crippen LogP contribution in [0.4, 0.5) is 5.69 Å². The Kier molecular flexibility index (Phi) is 2.39. The Labute approximate surface area is 90.1 Å². The Bertz CT molecular complexity index is 483. The van der Waals surface area contributed by atoms with Gasteiger partial charge in [0.15, 0.2) is 0 Å². The standard InChI is InChI=1S/C12H17N3/c1-8(2)12-14-9(3)11-6-5-10(13-4)7-15(11)12/h5-8,13H,1-4H3. The third kappa shape index (κ3) is 1.58. The molecule has 0 saturated carbocycles. The van der Waals surface area contributed by atoms with Crippen molar-refractivity contribution in [1.82, 2.24) is 9.38 Å². The molecule has 0 aromatic carbocycles. The molecule has 1 N–H and O–H groups in total. The average molecular weight is 203 g/mol. The van der Waals surface area contributed by atoms with E-state index in [2.05, 4.69) is 53.8 Å². The lowest BCUT2D eigenvalue weighted by Gasteiger charge is -2.06. The van der Waals surface area contributed by atoms with Crippen molar-refractivity contribution in [2.45, 2.75) is 26.7 Å². The van der Waals surface area contributed by atoms with Crippen LogP contribution in [0.1, 0.15) is 31.3 Å². The molecule has 0 unspecified atom stereocenters. The zero-order valence-electron chi connectivity index (χ0n) is 9.70. The van der Waals surface area contributed by atoms with E-state index >= 15 is 0 Å². The summed E-state index contributed by atoms with van der Waals surface area (Å²) in [5, 5.41) is 3.15. The van der Waals surface area contributed by atoms with Crippen molar-refractivity contribution >= 4 is 11.2 Å². The Balaban J connectivity index is 2.71. The summed E-state index contributed by atoms with van der Waals surface area (Å²) in [6.07, 6.45) is 2.10. The maximum atomic E-state index is 4.60. The first-order valence-electron chi connectivity index (χ1n) is 5.30. The fourth-order valence-corrected chi connectivity index (χ4v) is 1.82. The molecule has 0 aliphatic rings. The lowest BCUT2D eigenvalue weighted by molar-refractivity contribution is 0.768. The summed E-state index contributed by atoms with van der Waals surface area (Å²) in [6.45, 7) is 6.39. The lowest BCUT2D eigenvalue weighted by Crippen LogP contribution is -1.98. The highest BCUT2D eigenvalue weighted by Crippen LogP contribution is 2.21. The number of nitrogens with one attached hydrogen (secondary N) is 1. The first-order valence-corrected chi connectivity index (χ1v) is 5.30. The summed E-state index contributed by atoms with van der Waals surface area (Å²) in [5.41, 5.74) is 3.40. The number of anilines is 1. The van der Waals surface area contributed by atoms with E-state index in [9.17, 15) is 0 Å². The number of hydrogen-bond acceptors (Lipinski definition) is 2. The molecule has 0 bridgehead atoms. The second-order valence-corrected chi connectivity index (χ2v) is 4.13. The molecule has 3 heteroatoms. The first-order chi connectivity index (χ1) is 7.13. The second-order valence-electron chi connectivity index (χ2n) is 4.13. The van der Waals surface area contributed by atoms with Crippen molar-refractivity contribution in [2.75, 3.05) is 12.4 Å². The van der Waals surface area contributed by atoms with E-state index in [0.29, 0.717) is 5.92 Å². The molecule has 0 spiro atoms. The molecule has 0 radical (unpaired) electrons. The number of hydrogen-bond donors (Lipinski definition) is 1. The molecular weight excluding hydrogens is 186 g/mol. The number of nitrogens with zero attached hydrogens (tertiary/aromatic N) is 2.